The highest BCUT2D eigenvalue weighted by Gasteiger charge is 2.17. The molecule has 0 aliphatic carbocycles. The molecule has 0 unspecified atom stereocenters. The molecule has 0 aliphatic heterocycles. The van der Waals surface area contributed by atoms with Crippen LogP contribution in [0.5, 0.6) is 0 Å². The van der Waals surface area contributed by atoms with Crippen LogP contribution in [-0.2, 0) is 16.6 Å². The van der Waals surface area contributed by atoms with Crippen molar-refractivity contribution in [3.63, 3.8) is 0 Å². The summed E-state index contributed by atoms with van der Waals surface area (Å²) in [5.74, 6) is 0. The number of anilines is 1. The summed E-state index contributed by atoms with van der Waals surface area (Å²) in [5.41, 5.74) is 6.53. The summed E-state index contributed by atoms with van der Waals surface area (Å²) in [6.07, 6.45) is 3.02. The van der Waals surface area contributed by atoms with Gasteiger partial charge in [-0.2, -0.15) is 0 Å². The normalized spacial score (nSPS) is 11.2. The number of nitrogens with one attached hydrogen (secondary N) is 1. The molecule has 6 heteroatoms. The van der Waals surface area contributed by atoms with Gasteiger partial charge in [-0.1, -0.05) is 18.2 Å². The van der Waals surface area contributed by atoms with Crippen LogP contribution in [0.3, 0.4) is 0 Å². The van der Waals surface area contributed by atoms with E-state index in [-0.39, 0.29) is 11.4 Å². The van der Waals surface area contributed by atoms with Gasteiger partial charge in [-0.05, 0) is 23.8 Å². The molecule has 0 aliphatic rings. The Morgan fingerprint density at radius 2 is 1.94 bits per heavy atom. The van der Waals surface area contributed by atoms with Crippen molar-refractivity contribution in [3.05, 3.63) is 54.4 Å². The molecule has 3 N–H and O–H groups in total. The van der Waals surface area contributed by atoms with E-state index in [0.29, 0.717) is 11.3 Å². The lowest BCUT2D eigenvalue weighted by Gasteiger charge is -2.10. The molecular formula is C12H13N3O2S. The molecule has 0 amide bonds. The Hall–Kier alpha value is -1.92. The number of rotatable bonds is 4. The fourth-order valence-corrected chi connectivity index (χ4v) is 2.86. The molecule has 5 nitrogen and oxygen atoms in total. The highest BCUT2D eigenvalue weighted by molar-refractivity contribution is 7.92. The number of sulfonamides is 1. The maximum Gasteiger partial charge on any atom is 0.262 e. The van der Waals surface area contributed by atoms with Crippen molar-refractivity contribution in [3.8, 4) is 0 Å². The third-order valence-electron chi connectivity index (χ3n) is 2.40. The Bertz CT molecular complexity index is 627. The van der Waals surface area contributed by atoms with Crippen molar-refractivity contribution in [2.24, 2.45) is 5.73 Å². The molecule has 0 radical (unpaired) electrons. The van der Waals surface area contributed by atoms with E-state index in [1.165, 1.54) is 12.3 Å². The van der Waals surface area contributed by atoms with E-state index < -0.39 is 10.0 Å². The lowest BCUT2D eigenvalue weighted by Crippen LogP contribution is -2.16. The van der Waals surface area contributed by atoms with E-state index in [0.717, 1.165) is 0 Å². The standard InChI is InChI=1S/C12H13N3O2S/c13-8-10-4-1-2-6-12(10)18(16,17)15-11-5-3-7-14-9-11/h1-7,9,15H,8,13H2. The van der Waals surface area contributed by atoms with Gasteiger partial charge in [0, 0.05) is 12.7 Å². The number of pyridine rings is 1. The molecule has 94 valence electrons. The minimum Gasteiger partial charge on any atom is -0.326 e. The van der Waals surface area contributed by atoms with E-state index in [4.69, 9.17) is 5.73 Å². The number of aromatic nitrogens is 1. The number of hydrogen-bond acceptors (Lipinski definition) is 4. The lowest BCUT2D eigenvalue weighted by atomic mass is 10.2. The van der Waals surface area contributed by atoms with Crippen LogP contribution in [0.25, 0.3) is 0 Å². The third-order valence-corrected chi connectivity index (χ3v) is 3.88. The Balaban J connectivity index is 2.37. The highest BCUT2D eigenvalue weighted by atomic mass is 32.2. The van der Waals surface area contributed by atoms with Crippen LogP contribution in [-0.4, -0.2) is 13.4 Å². The molecule has 0 saturated carbocycles. The quantitative estimate of drug-likeness (QED) is 0.871. The first kappa shape index (κ1) is 12.5. The van der Waals surface area contributed by atoms with Gasteiger partial charge in [-0.25, -0.2) is 8.42 Å². The van der Waals surface area contributed by atoms with Gasteiger partial charge in [0.15, 0.2) is 0 Å². The first-order valence-electron chi connectivity index (χ1n) is 5.34. The fraction of sp³-hybridized carbons (Fsp3) is 0.0833. The average molecular weight is 263 g/mol. The van der Waals surface area contributed by atoms with Crippen LogP contribution in [0.4, 0.5) is 5.69 Å². The predicted molar refractivity (Wildman–Crippen MR) is 69.4 cm³/mol. The van der Waals surface area contributed by atoms with Crippen molar-refractivity contribution in [1.29, 1.82) is 0 Å². The molecule has 1 aromatic carbocycles. The number of hydrogen-bond donors (Lipinski definition) is 2. The molecule has 0 bridgehead atoms. The molecule has 2 aromatic rings. The Kier molecular flexibility index (Phi) is 3.59. The molecule has 0 saturated heterocycles. The molecule has 1 aromatic heterocycles. The maximum absolute atomic E-state index is 12.2. The lowest BCUT2D eigenvalue weighted by molar-refractivity contribution is 0.600. The molecule has 18 heavy (non-hydrogen) atoms. The summed E-state index contributed by atoms with van der Waals surface area (Å²) in [6.45, 7) is 0.171. The van der Waals surface area contributed by atoms with Crippen LogP contribution in [0.15, 0.2) is 53.7 Å². The maximum atomic E-state index is 12.2. The van der Waals surface area contributed by atoms with Crippen molar-refractivity contribution >= 4 is 15.7 Å². The smallest absolute Gasteiger partial charge is 0.262 e. The summed E-state index contributed by atoms with van der Waals surface area (Å²) < 4.78 is 26.8. The minimum absolute atomic E-state index is 0.171. The van der Waals surface area contributed by atoms with Gasteiger partial charge in [0.2, 0.25) is 0 Å². The zero-order valence-electron chi connectivity index (χ0n) is 9.58. The molecule has 0 atom stereocenters. The second kappa shape index (κ2) is 5.16. The first-order valence-corrected chi connectivity index (χ1v) is 6.82. The zero-order chi connectivity index (χ0) is 13.0. The Labute approximate surface area is 106 Å². The van der Waals surface area contributed by atoms with Crippen molar-refractivity contribution < 1.29 is 8.42 Å². The topological polar surface area (TPSA) is 85.1 Å². The van der Waals surface area contributed by atoms with Crippen LogP contribution in [0.1, 0.15) is 5.56 Å². The Morgan fingerprint density at radius 1 is 1.17 bits per heavy atom. The minimum atomic E-state index is -3.63. The van der Waals surface area contributed by atoms with Crippen molar-refractivity contribution in [2.45, 2.75) is 11.4 Å². The van der Waals surface area contributed by atoms with Crippen molar-refractivity contribution in [2.75, 3.05) is 4.72 Å². The van der Waals surface area contributed by atoms with Gasteiger partial charge >= 0.3 is 0 Å². The largest absolute Gasteiger partial charge is 0.326 e. The fourth-order valence-electron chi connectivity index (χ4n) is 1.57. The van der Waals surface area contributed by atoms with Crippen LogP contribution in [0.2, 0.25) is 0 Å². The van der Waals surface area contributed by atoms with Gasteiger partial charge in [0.05, 0.1) is 16.8 Å². The highest BCUT2D eigenvalue weighted by Crippen LogP contribution is 2.18. The Morgan fingerprint density at radius 3 is 2.61 bits per heavy atom. The average Bonchev–Trinajstić information content (AvgIpc) is 2.39. The van der Waals surface area contributed by atoms with E-state index in [2.05, 4.69) is 9.71 Å². The van der Waals surface area contributed by atoms with E-state index in [1.54, 1.807) is 36.5 Å². The van der Waals surface area contributed by atoms with Gasteiger partial charge in [-0.3, -0.25) is 9.71 Å². The van der Waals surface area contributed by atoms with Crippen LogP contribution in [0, 0.1) is 0 Å². The predicted octanol–water partition coefficient (Wildman–Crippen LogP) is 1.34. The van der Waals surface area contributed by atoms with E-state index in [9.17, 15) is 8.42 Å². The van der Waals surface area contributed by atoms with Crippen molar-refractivity contribution in [1.82, 2.24) is 4.98 Å². The van der Waals surface area contributed by atoms with E-state index >= 15 is 0 Å². The van der Waals surface area contributed by atoms with Gasteiger partial charge in [-0.15, -0.1) is 0 Å². The number of nitrogens with zero attached hydrogens (tertiary/aromatic N) is 1. The molecule has 2 rings (SSSR count). The van der Waals surface area contributed by atoms with Gasteiger partial charge in [0.1, 0.15) is 0 Å². The second-order valence-corrected chi connectivity index (χ2v) is 5.31. The molecular weight excluding hydrogens is 250 g/mol. The van der Waals surface area contributed by atoms with Gasteiger partial charge < -0.3 is 5.73 Å². The van der Waals surface area contributed by atoms with Gasteiger partial charge in [0.25, 0.3) is 10.0 Å². The summed E-state index contributed by atoms with van der Waals surface area (Å²) in [6, 6.07) is 9.93. The zero-order valence-corrected chi connectivity index (χ0v) is 10.4. The first-order chi connectivity index (χ1) is 8.63. The summed E-state index contributed by atoms with van der Waals surface area (Å²) in [7, 11) is -3.63. The molecule has 0 fully saturated rings. The monoisotopic (exact) mass is 263 g/mol. The molecule has 0 spiro atoms. The molecule has 1 heterocycles. The van der Waals surface area contributed by atoms with Crippen LogP contribution >= 0.6 is 0 Å². The summed E-state index contributed by atoms with van der Waals surface area (Å²) in [4.78, 5) is 4.04. The van der Waals surface area contributed by atoms with E-state index in [1.807, 2.05) is 0 Å². The summed E-state index contributed by atoms with van der Waals surface area (Å²) >= 11 is 0. The summed E-state index contributed by atoms with van der Waals surface area (Å²) in [5, 5.41) is 0. The number of nitrogens with two attached hydrogens (primary N) is 1. The number of benzene rings is 1. The van der Waals surface area contributed by atoms with Crippen LogP contribution < -0.4 is 10.5 Å². The second-order valence-electron chi connectivity index (χ2n) is 3.66. The third kappa shape index (κ3) is 2.66. The SMILES string of the molecule is NCc1ccccc1S(=O)(=O)Nc1cccnc1.